The van der Waals surface area contributed by atoms with Crippen molar-refractivity contribution in [2.24, 2.45) is 0 Å². The van der Waals surface area contributed by atoms with Crippen LogP contribution in [-0.4, -0.2) is 60.7 Å². The van der Waals surface area contributed by atoms with Gasteiger partial charge in [-0.2, -0.15) is 13.2 Å². The van der Waals surface area contributed by atoms with E-state index in [0.29, 0.717) is 32.6 Å². The van der Waals surface area contributed by atoms with Gasteiger partial charge in [0.05, 0.1) is 12.1 Å². The van der Waals surface area contributed by atoms with E-state index < -0.39 is 17.6 Å². The number of nitrogens with zero attached hydrogens (tertiary/aromatic N) is 2. The summed E-state index contributed by atoms with van der Waals surface area (Å²) < 4.78 is 37.4. The summed E-state index contributed by atoms with van der Waals surface area (Å²) in [6.07, 6.45) is -3.75. The molecule has 1 N–H and O–H groups in total. The van der Waals surface area contributed by atoms with Gasteiger partial charge in [0.15, 0.2) is 0 Å². The minimum Gasteiger partial charge on any atom is -0.343 e. The number of nitrogens with one attached hydrogen (secondary N) is 1. The van der Waals surface area contributed by atoms with E-state index in [-0.39, 0.29) is 18.0 Å². The predicted octanol–water partition coefficient (Wildman–Crippen LogP) is 0.736. The van der Waals surface area contributed by atoms with Gasteiger partial charge in [-0.1, -0.05) is 0 Å². The highest BCUT2D eigenvalue weighted by Gasteiger charge is 2.30. The summed E-state index contributed by atoms with van der Waals surface area (Å²) >= 11 is 0. The van der Waals surface area contributed by atoms with Gasteiger partial charge in [0, 0.05) is 31.7 Å². The molecule has 1 aliphatic heterocycles. The molecule has 1 saturated heterocycles. The molecule has 0 spiro atoms. The molecule has 130 valence electrons. The Morgan fingerprint density at radius 1 is 1.08 bits per heavy atom. The standard InChI is InChI=1S/C15H16F3N3O3/c16-15(17,18)12-3-1-11(2-4-12)14(24)19-9-13(23)21-7-5-20(10-22)6-8-21/h1-4,10H,5-9H2,(H,19,24). The van der Waals surface area contributed by atoms with E-state index in [1.165, 1.54) is 4.90 Å². The monoisotopic (exact) mass is 343 g/mol. The second kappa shape index (κ2) is 7.33. The van der Waals surface area contributed by atoms with Crippen molar-refractivity contribution < 1.29 is 27.6 Å². The molecule has 6 nitrogen and oxygen atoms in total. The summed E-state index contributed by atoms with van der Waals surface area (Å²) in [4.78, 5) is 37.5. The molecule has 24 heavy (non-hydrogen) atoms. The van der Waals surface area contributed by atoms with Gasteiger partial charge < -0.3 is 15.1 Å². The molecule has 1 aromatic rings. The van der Waals surface area contributed by atoms with Gasteiger partial charge >= 0.3 is 6.18 Å². The van der Waals surface area contributed by atoms with Crippen molar-refractivity contribution in [3.05, 3.63) is 35.4 Å². The van der Waals surface area contributed by atoms with E-state index in [2.05, 4.69) is 5.32 Å². The summed E-state index contributed by atoms with van der Waals surface area (Å²) in [5, 5.41) is 2.38. The highest BCUT2D eigenvalue weighted by atomic mass is 19.4. The lowest BCUT2D eigenvalue weighted by Crippen LogP contribution is -2.50. The number of amides is 3. The minimum atomic E-state index is -4.46. The number of piperazine rings is 1. The first kappa shape index (κ1) is 17.8. The van der Waals surface area contributed by atoms with Crippen molar-refractivity contribution in [3.8, 4) is 0 Å². The van der Waals surface area contributed by atoms with Crippen LogP contribution in [-0.2, 0) is 15.8 Å². The largest absolute Gasteiger partial charge is 0.416 e. The van der Waals surface area contributed by atoms with Crippen LogP contribution >= 0.6 is 0 Å². The topological polar surface area (TPSA) is 69.7 Å². The van der Waals surface area contributed by atoms with Crippen molar-refractivity contribution >= 4 is 18.2 Å². The molecule has 2 rings (SSSR count). The molecular formula is C15H16F3N3O3. The maximum atomic E-state index is 12.5. The maximum absolute atomic E-state index is 12.5. The van der Waals surface area contributed by atoms with Crippen molar-refractivity contribution in [1.82, 2.24) is 15.1 Å². The fraction of sp³-hybridized carbons (Fsp3) is 0.400. The van der Waals surface area contributed by atoms with Gasteiger partial charge in [0.25, 0.3) is 5.91 Å². The summed E-state index contributed by atoms with van der Waals surface area (Å²) in [5.74, 6) is -0.926. The fourth-order valence-corrected chi connectivity index (χ4v) is 2.26. The number of carbonyl (C=O) groups excluding carboxylic acids is 3. The smallest absolute Gasteiger partial charge is 0.343 e. The average Bonchev–Trinajstić information content (AvgIpc) is 2.58. The van der Waals surface area contributed by atoms with E-state index in [1.54, 1.807) is 4.90 Å². The Labute approximate surface area is 136 Å². The molecular weight excluding hydrogens is 327 g/mol. The molecule has 0 aromatic heterocycles. The second-order valence-electron chi connectivity index (χ2n) is 5.28. The van der Waals surface area contributed by atoms with E-state index >= 15 is 0 Å². The predicted molar refractivity (Wildman–Crippen MR) is 78.0 cm³/mol. The molecule has 0 unspecified atom stereocenters. The zero-order valence-electron chi connectivity index (χ0n) is 12.7. The van der Waals surface area contributed by atoms with Gasteiger partial charge in [0.1, 0.15) is 0 Å². The van der Waals surface area contributed by atoms with Crippen LogP contribution in [0.15, 0.2) is 24.3 Å². The van der Waals surface area contributed by atoms with E-state index in [9.17, 15) is 27.6 Å². The lowest BCUT2D eigenvalue weighted by atomic mass is 10.1. The number of alkyl halides is 3. The Kier molecular flexibility index (Phi) is 5.42. The Morgan fingerprint density at radius 2 is 1.67 bits per heavy atom. The van der Waals surface area contributed by atoms with Crippen molar-refractivity contribution in [2.45, 2.75) is 6.18 Å². The van der Waals surface area contributed by atoms with Crippen LogP contribution < -0.4 is 5.32 Å². The third kappa shape index (κ3) is 4.46. The number of benzene rings is 1. The van der Waals surface area contributed by atoms with Crippen molar-refractivity contribution in [3.63, 3.8) is 0 Å². The molecule has 3 amide bonds. The summed E-state index contributed by atoms with van der Waals surface area (Å²) in [6, 6.07) is 3.75. The molecule has 0 saturated carbocycles. The van der Waals surface area contributed by atoms with Crippen LogP contribution in [0.3, 0.4) is 0 Å². The highest BCUT2D eigenvalue weighted by Crippen LogP contribution is 2.29. The number of hydrogen-bond acceptors (Lipinski definition) is 3. The lowest BCUT2D eigenvalue weighted by Gasteiger charge is -2.32. The normalized spacial score (nSPS) is 15.1. The van der Waals surface area contributed by atoms with Gasteiger partial charge in [0.2, 0.25) is 12.3 Å². The van der Waals surface area contributed by atoms with Crippen LogP contribution in [0.4, 0.5) is 13.2 Å². The SMILES string of the molecule is O=CN1CCN(C(=O)CNC(=O)c2ccc(C(F)(F)F)cc2)CC1. The van der Waals surface area contributed by atoms with Gasteiger partial charge in [-0.3, -0.25) is 14.4 Å². The second-order valence-corrected chi connectivity index (χ2v) is 5.28. The first-order valence-electron chi connectivity index (χ1n) is 7.24. The summed E-state index contributed by atoms with van der Waals surface area (Å²) in [5.41, 5.74) is -0.801. The summed E-state index contributed by atoms with van der Waals surface area (Å²) in [7, 11) is 0. The number of halogens is 3. The van der Waals surface area contributed by atoms with Gasteiger partial charge in [-0.15, -0.1) is 0 Å². The van der Waals surface area contributed by atoms with E-state index in [4.69, 9.17) is 0 Å². The van der Waals surface area contributed by atoms with Crippen LogP contribution in [0.5, 0.6) is 0 Å². The highest BCUT2D eigenvalue weighted by molar-refractivity contribution is 5.96. The molecule has 1 aromatic carbocycles. The van der Waals surface area contributed by atoms with Gasteiger partial charge in [-0.05, 0) is 24.3 Å². The lowest BCUT2D eigenvalue weighted by molar-refractivity contribution is -0.137. The minimum absolute atomic E-state index is 0.0431. The van der Waals surface area contributed by atoms with E-state index in [0.717, 1.165) is 24.3 Å². The molecule has 0 aliphatic carbocycles. The van der Waals surface area contributed by atoms with Crippen LogP contribution in [0.2, 0.25) is 0 Å². The molecule has 0 radical (unpaired) electrons. The molecule has 9 heteroatoms. The quantitative estimate of drug-likeness (QED) is 0.820. The first-order valence-corrected chi connectivity index (χ1v) is 7.24. The maximum Gasteiger partial charge on any atom is 0.416 e. The third-order valence-corrected chi connectivity index (χ3v) is 3.69. The number of rotatable bonds is 4. The van der Waals surface area contributed by atoms with Crippen LogP contribution in [0, 0.1) is 0 Å². The number of hydrogen-bond donors (Lipinski definition) is 1. The zero-order chi connectivity index (χ0) is 17.7. The van der Waals surface area contributed by atoms with Crippen LogP contribution in [0.25, 0.3) is 0 Å². The fourth-order valence-electron chi connectivity index (χ4n) is 2.26. The molecule has 1 fully saturated rings. The molecule has 1 heterocycles. The third-order valence-electron chi connectivity index (χ3n) is 3.69. The van der Waals surface area contributed by atoms with E-state index in [1.807, 2.05) is 0 Å². The molecule has 1 aliphatic rings. The first-order chi connectivity index (χ1) is 11.3. The molecule has 0 atom stereocenters. The summed E-state index contributed by atoms with van der Waals surface area (Å²) in [6.45, 7) is 1.38. The average molecular weight is 343 g/mol. The Hall–Kier alpha value is -2.58. The zero-order valence-corrected chi connectivity index (χ0v) is 12.7. The number of carbonyl (C=O) groups is 3. The Morgan fingerprint density at radius 3 is 2.17 bits per heavy atom. The van der Waals surface area contributed by atoms with Crippen LogP contribution in [0.1, 0.15) is 15.9 Å². The van der Waals surface area contributed by atoms with Crippen molar-refractivity contribution in [1.29, 1.82) is 0 Å². The molecule has 0 bridgehead atoms. The Bertz CT molecular complexity index is 609. The van der Waals surface area contributed by atoms with Crippen molar-refractivity contribution in [2.75, 3.05) is 32.7 Å². The van der Waals surface area contributed by atoms with Gasteiger partial charge in [-0.25, -0.2) is 0 Å². The Balaban J connectivity index is 1.84.